The number of H-pyrrole nitrogens is 1. The second kappa shape index (κ2) is 6.01. The number of nitrogens with one attached hydrogen (secondary N) is 1. The molecule has 0 aliphatic carbocycles. The first-order valence-electron chi connectivity index (χ1n) is 6.32. The first-order chi connectivity index (χ1) is 10.2. The molecule has 106 valence electrons. The summed E-state index contributed by atoms with van der Waals surface area (Å²) >= 11 is 8.77. The Morgan fingerprint density at radius 3 is 2.86 bits per heavy atom. The van der Waals surface area contributed by atoms with Gasteiger partial charge in [-0.15, -0.1) is 0 Å². The molecule has 0 aliphatic heterocycles. The van der Waals surface area contributed by atoms with Gasteiger partial charge in [-0.2, -0.15) is 0 Å². The van der Waals surface area contributed by atoms with Crippen molar-refractivity contribution in [3.63, 3.8) is 0 Å². The number of methoxy groups -OCH3 is 1. The standard InChI is InChI=1S/C15H12BrN3OS/c1-20-8-10-7-13(21)19-15(17-10)14-11(16)6-9-4-2-3-5-12(9)18-14/h2-7H,8H2,1H3,(H,17,19,21). The molecule has 0 saturated heterocycles. The van der Waals surface area contributed by atoms with Crippen LogP contribution in [0, 0.1) is 4.64 Å². The number of hydrogen-bond acceptors (Lipinski definition) is 4. The van der Waals surface area contributed by atoms with E-state index in [-0.39, 0.29) is 0 Å². The van der Waals surface area contributed by atoms with Crippen molar-refractivity contribution >= 4 is 39.1 Å². The van der Waals surface area contributed by atoms with E-state index in [0.29, 0.717) is 17.1 Å². The molecule has 2 heterocycles. The first-order valence-corrected chi connectivity index (χ1v) is 7.52. The fourth-order valence-electron chi connectivity index (χ4n) is 2.11. The Morgan fingerprint density at radius 1 is 1.24 bits per heavy atom. The van der Waals surface area contributed by atoms with E-state index in [9.17, 15) is 0 Å². The second-order valence-electron chi connectivity index (χ2n) is 4.54. The van der Waals surface area contributed by atoms with Crippen LogP contribution in [-0.2, 0) is 11.3 Å². The minimum absolute atomic E-state index is 0.449. The zero-order valence-corrected chi connectivity index (χ0v) is 13.7. The first kappa shape index (κ1) is 14.3. The molecule has 0 unspecified atom stereocenters. The normalized spacial score (nSPS) is 11.0. The Hall–Kier alpha value is -1.63. The molecule has 3 rings (SSSR count). The van der Waals surface area contributed by atoms with Crippen molar-refractivity contribution in [1.29, 1.82) is 0 Å². The summed E-state index contributed by atoms with van der Waals surface area (Å²) in [7, 11) is 1.64. The Kier molecular flexibility index (Phi) is 4.10. The molecule has 1 aromatic carbocycles. The predicted molar refractivity (Wildman–Crippen MR) is 88.6 cm³/mol. The minimum atomic E-state index is 0.449. The van der Waals surface area contributed by atoms with Gasteiger partial charge in [0.2, 0.25) is 0 Å². The number of benzene rings is 1. The van der Waals surface area contributed by atoms with E-state index in [1.807, 2.05) is 30.3 Å². The molecule has 0 bridgehead atoms. The summed E-state index contributed by atoms with van der Waals surface area (Å²) < 4.78 is 6.52. The second-order valence-corrected chi connectivity index (χ2v) is 5.81. The maximum Gasteiger partial charge on any atom is 0.159 e. The summed E-state index contributed by atoms with van der Waals surface area (Å²) in [6.07, 6.45) is 0. The van der Waals surface area contributed by atoms with Crippen LogP contribution in [0.3, 0.4) is 0 Å². The lowest BCUT2D eigenvalue weighted by atomic mass is 10.2. The van der Waals surface area contributed by atoms with Crippen LogP contribution in [0.4, 0.5) is 0 Å². The van der Waals surface area contributed by atoms with Crippen LogP contribution in [0.2, 0.25) is 0 Å². The Labute approximate surface area is 135 Å². The number of pyridine rings is 1. The van der Waals surface area contributed by atoms with Crippen molar-refractivity contribution < 1.29 is 4.74 Å². The number of para-hydroxylation sites is 1. The zero-order valence-electron chi connectivity index (χ0n) is 11.3. The maximum absolute atomic E-state index is 5.21. The van der Waals surface area contributed by atoms with Gasteiger partial charge in [0.05, 0.1) is 12.1 Å². The smallest absolute Gasteiger partial charge is 0.159 e. The van der Waals surface area contributed by atoms with E-state index in [1.165, 1.54) is 0 Å². The molecular weight excluding hydrogens is 350 g/mol. The van der Waals surface area contributed by atoms with Gasteiger partial charge in [0, 0.05) is 22.7 Å². The lowest BCUT2D eigenvalue weighted by molar-refractivity contribution is 0.181. The van der Waals surface area contributed by atoms with Gasteiger partial charge >= 0.3 is 0 Å². The number of ether oxygens (including phenoxy) is 1. The summed E-state index contributed by atoms with van der Waals surface area (Å²) in [5, 5.41) is 1.07. The van der Waals surface area contributed by atoms with E-state index in [0.717, 1.165) is 26.8 Å². The van der Waals surface area contributed by atoms with Gasteiger partial charge in [0.15, 0.2) is 5.82 Å². The van der Waals surface area contributed by atoms with Gasteiger partial charge in [-0.1, -0.05) is 30.4 Å². The molecule has 0 fully saturated rings. The lowest BCUT2D eigenvalue weighted by Crippen LogP contribution is -1.99. The minimum Gasteiger partial charge on any atom is -0.378 e. The number of halogens is 1. The van der Waals surface area contributed by atoms with Gasteiger partial charge in [0.25, 0.3) is 0 Å². The molecule has 0 saturated carbocycles. The highest BCUT2D eigenvalue weighted by atomic mass is 79.9. The van der Waals surface area contributed by atoms with Gasteiger partial charge in [-0.25, -0.2) is 9.97 Å². The third-order valence-corrected chi connectivity index (χ3v) is 3.81. The molecule has 0 atom stereocenters. The SMILES string of the molecule is COCc1cc(=S)nc(-c2nc3ccccc3cc2Br)[nH]1. The molecular formula is C15H12BrN3OS. The quantitative estimate of drug-likeness (QED) is 0.708. The van der Waals surface area contributed by atoms with E-state index in [4.69, 9.17) is 17.0 Å². The third-order valence-electron chi connectivity index (χ3n) is 3.00. The van der Waals surface area contributed by atoms with Gasteiger partial charge in [-0.05, 0) is 34.1 Å². The van der Waals surface area contributed by atoms with Crippen LogP contribution >= 0.6 is 28.1 Å². The fraction of sp³-hybridized carbons (Fsp3) is 0.133. The lowest BCUT2D eigenvalue weighted by Gasteiger charge is -2.08. The Bertz CT molecular complexity index is 863. The predicted octanol–water partition coefficient (Wildman–Crippen LogP) is 4.26. The molecule has 3 aromatic rings. The molecule has 6 heteroatoms. The fourth-order valence-corrected chi connectivity index (χ4v) is 2.87. The molecule has 1 N–H and O–H groups in total. The summed E-state index contributed by atoms with van der Waals surface area (Å²) in [6, 6.07) is 11.8. The number of nitrogens with zero attached hydrogens (tertiary/aromatic N) is 2. The summed E-state index contributed by atoms with van der Waals surface area (Å²) in [4.78, 5) is 12.2. The van der Waals surface area contributed by atoms with E-state index in [2.05, 4.69) is 30.9 Å². The highest BCUT2D eigenvalue weighted by Crippen LogP contribution is 2.27. The molecule has 0 amide bonds. The van der Waals surface area contributed by atoms with Crippen LogP contribution in [0.5, 0.6) is 0 Å². The molecule has 0 radical (unpaired) electrons. The molecule has 0 spiro atoms. The van der Waals surface area contributed by atoms with Crippen molar-refractivity contribution in [2.45, 2.75) is 6.61 Å². The average Bonchev–Trinajstić information content (AvgIpc) is 2.46. The molecule has 2 aromatic heterocycles. The van der Waals surface area contributed by atoms with E-state index < -0.39 is 0 Å². The number of fused-ring (bicyclic) bond motifs is 1. The van der Waals surface area contributed by atoms with Crippen LogP contribution in [-0.4, -0.2) is 22.1 Å². The Balaban J connectivity index is 2.19. The monoisotopic (exact) mass is 361 g/mol. The van der Waals surface area contributed by atoms with E-state index in [1.54, 1.807) is 13.2 Å². The number of rotatable bonds is 3. The largest absolute Gasteiger partial charge is 0.378 e. The highest BCUT2D eigenvalue weighted by molar-refractivity contribution is 9.10. The van der Waals surface area contributed by atoms with Crippen LogP contribution in [0.1, 0.15) is 5.69 Å². The van der Waals surface area contributed by atoms with Crippen molar-refractivity contribution in [1.82, 2.24) is 15.0 Å². The summed E-state index contributed by atoms with van der Waals surface area (Å²) in [5.74, 6) is 0.632. The van der Waals surface area contributed by atoms with Crippen molar-refractivity contribution in [2.75, 3.05) is 7.11 Å². The van der Waals surface area contributed by atoms with Gasteiger partial charge < -0.3 is 9.72 Å². The van der Waals surface area contributed by atoms with Crippen molar-refractivity contribution in [3.8, 4) is 11.5 Å². The third kappa shape index (κ3) is 3.02. The number of aromatic amines is 1. The average molecular weight is 362 g/mol. The maximum atomic E-state index is 5.21. The van der Waals surface area contributed by atoms with Crippen LogP contribution < -0.4 is 0 Å². The van der Waals surface area contributed by atoms with Gasteiger partial charge in [0.1, 0.15) is 10.3 Å². The highest BCUT2D eigenvalue weighted by Gasteiger charge is 2.10. The number of hydrogen-bond donors (Lipinski definition) is 1. The molecule has 4 nitrogen and oxygen atoms in total. The zero-order chi connectivity index (χ0) is 14.8. The topological polar surface area (TPSA) is 50.8 Å². The number of aromatic nitrogens is 3. The molecule has 0 aliphatic rings. The van der Waals surface area contributed by atoms with Crippen molar-refractivity contribution in [2.24, 2.45) is 0 Å². The van der Waals surface area contributed by atoms with Crippen LogP contribution in [0.25, 0.3) is 22.4 Å². The molecule has 21 heavy (non-hydrogen) atoms. The van der Waals surface area contributed by atoms with Crippen LogP contribution in [0.15, 0.2) is 40.9 Å². The Morgan fingerprint density at radius 2 is 2.05 bits per heavy atom. The van der Waals surface area contributed by atoms with Crippen molar-refractivity contribution in [3.05, 3.63) is 51.2 Å². The van der Waals surface area contributed by atoms with Gasteiger partial charge in [-0.3, -0.25) is 0 Å². The van der Waals surface area contributed by atoms with E-state index >= 15 is 0 Å². The summed E-state index contributed by atoms with van der Waals surface area (Å²) in [6.45, 7) is 0.449. The summed E-state index contributed by atoms with van der Waals surface area (Å²) in [5.41, 5.74) is 2.51.